The van der Waals surface area contributed by atoms with Crippen LogP contribution in [-0.2, 0) is 0 Å². The van der Waals surface area contributed by atoms with Crippen LogP contribution in [0.3, 0.4) is 0 Å². The second kappa shape index (κ2) is 4.27. The van der Waals surface area contributed by atoms with Crippen molar-refractivity contribution in [3.63, 3.8) is 0 Å². The fourth-order valence-electron chi connectivity index (χ4n) is 3.89. The summed E-state index contributed by atoms with van der Waals surface area (Å²) in [7, 11) is 1.80. The van der Waals surface area contributed by atoms with Gasteiger partial charge in [-0.25, -0.2) is 0 Å². The number of ether oxygens (including phenoxy) is 1. The summed E-state index contributed by atoms with van der Waals surface area (Å²) in [5, 5.41) is 3.44. The Balaban J connectivity index is 1.92. The second-order valence-electron chi connectivity index (χ2n) is 6.24. The first-order valence-corrected chi connectivity index (χ1v) is 6.99. The van der Waals surface area contributed by atoms with Crippen molar-refractivity contribution in [1.29, 1.82) is 0 Å². The third kappa shape index (κ3) is 1.83. The zero-order valence-corrected chi connectivity index (χ0v) is 11.7. The molecule has 1 saturated heterocycles. The Morgan fingerprint density at radius 3 is 2.61 bits per heavy atom. The standard InChI is InChI=1S/C16H23NO/c1-11-6-12(2)15(14(7-11)18-3)13-4-5-16(8-13)9-17-10-16/h6-7,13,17H,4-5,8-10H2,1-3H3. The van der Waals surface area contributed by atoms with Gasteiger partial charge in [-0.3, -0.25) is 0 Å². The van der Waals surface area contributed by atoms with Gasteiger partial charge >= 0.3 is 0 Å². The highest BCUT2D eigenvalue weighted by molar-refractivity contribution is 5.46. The Morgan fingerprint density at radius 1 is 1.28 bits per heavy atom. The molecule has 0 radical (unpaired) electrons. The molecule has 2 aliphatic rings. The first-order chi connectivity index (χ1) is 8.63. The summed E-state index contributed by atoms with van der Waals surface area (Å²) in [6, 6.07) is 4.48. The summed E-state index contributed by atoms with van der Waals surface area (Å²) in [6.07, 6.45) is 4.03. The smallest absolute Gasteiger partial charge is 0.122 e. The lowest BCUT2D eigenvalue weighted by molar-refractivity contribution is 0.175. The zero-order chi connectivity index (χ0) is 12.8. The van der Waals surface area contributed by atoms with E-state index in [0.717, 1.165) is 5.75 Å². The molecule has 2 nitrogen and oxygen atoms in total. The maximum absolute atomic E-state index is 5.62. The maximum atomic E-state index is 5.62. The van der Waals surface area contributed by atoms with Gasteiger partial charge in [-0.15, -0.1) is 0 Å². The predicted molar refractivity (Wildman–Crippen MR) is 74.4 cm³/mol. The van der Waals surface area contributed by atoms with Crippen molar-refractivity contribution >= 4 is 0 Å². The minimum atomic E-state index is 0.604. The summed E-state index contributed by atoms with van der Waals surface area (Å²) in [4.78, 5) is 0. The number of aryl methyl sites for hydroxylation is 2. The van der Waals surface area contributed by atoms with Crippen LogP contribution in [0, 0.1) is 19.3 Å². The van der Waals surface area contributed by atoms with Gasteiger partial charge in [0.1, 0.15) is 5.75 Å². The summed E-state index contributed by atoms with van der Waals surface area (Å²) in [5.41, 5.74) is 4.77. The Morgan fingerprint density at radius 2 is 2.06 bits per heavy atom. The van der Waals surface area contributed by atoms with E-state index >= 15 is 0 Å². The first-order valence-electron chi connectivity index (χ1n) is 6.99. The van der Waals surface area contributed by atoms with E-state index < -0.39 is 0 Å². The van der Waals surface area contributed by atoms with Gasteiger partial charge in [0, 0.05) is 18.7 Å². The van der Waals surface area contributed by atoms with Crippen molar-refractivity contribution in [2.75, 3.05) is 20.2 Å². The molecule has 0 amide bonds. The maximum Gasteiger partial charge on any atom is 0.122 e. The fraction of sp³-hybridized carbons (Fsp3) is 0.625. The summed E-state index contributed by atoms with van der Waals surface area (Å²) < 4.78 is 5.62. The lowest BCUT2D eigenvalue weighted by atomic mass is 9.78. The van der Waals surface area contributed by atoms with Crippen LogP contribution in [0.25, 0.3) is 0 Å². The van der Waals surface area contributed by atoms with Crippen molar-refractivity contribution in [3.05, 3.63) is 28.8 Å². The molecule has 2 heteroatoms. The van der Waals surface area contributed by atoms with Crippen LogP contribution in [0.4, 0.5) is 0 Å². The number of hydrogen-bond donors (Lipinski definition) is 1. The molecule has 1 spiro atoms. The molecule has 18 heavy (non-hydrogen) atoms. The molecule has 1 heterocycles. The Hall–Kier alpha value is -1.02. The monoisotopic (exact) mass is 245 g/mol. The van der Waals surface area contributed by atoms with Gasteiger partial charge in [0.25, 0.3) is 0 Å². The molecule has 0 aromatic heterocycles. The number of hydrogen-bond acceptors (Lipinski definition) is 2. The van der Waals surface area contributed by atoms with Crippen LogP contribution in [0.5, 0.6) is 5.75 Å². The van der Waals surface area contributed by atoms with Crippen LogP contribution in [-0.4, -0.2) is 20.2 Å². The topological polar surface area (TPSA) is 21.3 Å². The van der Waals surface area contributed by atoms with Gasteiger partial charge in [0.2, 0.25) is 0 Å². The minimum absolute atomic E-state index is 0.604. The van der Waals surface area contributed by atoms with Gasteiger partial charge in [-0.1, -0.05) is 6.07 Å². The molecule has 98 valence electrons. The lowest BCUT2D eigenvalue weighted by Gasteiger charge is -2.39. The third-order valence-corrected chi connectivity index (χ3v) is 4.82. The zero-order valence-electron chi connectivity index (χ0n) is 11.7. The van der Waals surface area contributed by atoms with Crippen molar-refractivity contribution in [2.45, 2.75) is 39.0 Å². The van der Waals surface area contributed by atoms with E-state index in [4.69, 9.17) is 4.74 Å². The SMILES string of the molecule is COc1cc(C)cc(C)c1C1CCC2(CNC2)C1. The minimum Gasteiger partial charge on any atom is -0.496 e. The van der Waals surface area contributed by atoms with Crippen LogP contribution < -0.4 is 10.1 Å². The largest absolute Gasteiger partial charge is 0.496 e. The van der Waals surface area contributed by atoms with E-state index in [1.165, 1.54) is 49.0 Å². The van der Waals surface area contributed by atoms with Gasteiger partial charge in [0.05, 0.1) is 7.11 Å². The fourth-order valence-corrected chi connectivity index (χ4v) is 3.89. The van der Waals surface area contributed by atoms with E-state index in [1.54, 1.807) is 7.11 Å². The number of methoxy groups -OCH3 is 1. The van der Waals surface area contributed by atoms with E-state index in [2.05, 4.69) is 31.3 Å². The van der Waals surface area contributed by atoms with Crippen molar-refractivity contribution in [3.8, 4) is 5.75 Å². The molecule has 1 aliphatic heterocycles. The van der Waals surface area contributed by atoms with E-state index in [9.17, 15) is 0 Å². The molecule has 1 N–H and O–H groups in total. The van der Waals surface area contributed by atoms with E-state index in [1.807, 2.05) is 0 Å². The van der Waals surface area contributed by atoms with Gasteiger partial charge in [0.15, 0.2) is 0 Å². The number of benzene rings is 1. The molecule has 1 aliphatic carbocycles. The van der Waals surface area contributed by atoms with Crippen LogP contribution in [0.2, 0.25) is 0 Å². The summed E-state index contributed by atoms with van der Waals surface area (Å²) >= 11 is 0. The second-order valence-corrected chi connectivity index (χ2v) is 6.24. The Labute approximate surface area is 110 Å². The van der Waals surface area contributed by atoms with Crippen molar-refractivity contribution in [1.82, 2.24) is 5.32 Å². The lowest BCUT2D eigenvalue weighted by Crippen LogP contribution is -2.51. The van der Waals surface area contributed by atoms with Gasteiger partial charge < -0.3 is 10.1 Å². The molecular weight excluding hydrogens is 222 g/mol. The molecule has 1 saturated carbocycles. The summed E-state index contributed by atoms with van der Waals surface area (Å²) in [6.45, 7) is 6.81. The Bertz CT molecular complexity index is 462. The van der Waals surface area contributed by atoms with Gasteiger partial charge in [-0.05, 0) is 61.6 Å². The third-order valence-electron chi connectivity index (χ3n) is 4.82. The van der Waals surface area contributed by atoms with E-state index in [0.29, 0.717) is 11.3 Å². The molecule has 1 aromatic rings. The quantitative estimate of drug-likeness (QED) is 0.864. The molecule has 3 rings (SSSR count). The normalized spacial score (nSPS) is 25.2. The average molecular weight is 245 g/mol. The van der Waals surface area contributed by atoms with Crippen LogP contribution in [0.1, 0.15) is 41.9 Å². The molecule has 0 bridgehead atoms. The molecule has 2 fully saturated rings. The molecular formula is C16H23NO. The van der Waals surface area contributed by atoms with Crippen LogP contribution in [0.15, 0.2) is 12.1 Å². The first kappa shape index (κ1) is 12.0. The highest BCUT2D eigenvalue weighted by Gasteiger charge is 2.44. The highest BCUT2D eigenvalue weighted by atomic mass is 16.5. The highest BCUT2D eigenvalue weighted by Crippen LogP contribution is 2.51. The van der Waals surface area contributed by atoms with Crippen molar-refractivity contribution in [2.24, 2.45) is 5.41 Å². The molecule has 1 unspecified atom stereocenters. The van der Waals surface area contributed by atoms with E-state index in [-0.39, 0.29) is 0 Å². The van der Waals surface area contributed by atoms with Crippen LogP contribution >= 0.6 is 0 Å². The number of nitrogens with one attached hydrogen (secondary N) is 1. The average Bonchev–Trinajstić information content (AvgIpc) is 2.72. The van der Waals surface area contributed by atoms with Gasteiger partial charge in [-0.2, -0.15) is 0 Å². The molecule has 1 aromatic carbocycles. The predicted octanol–water partition coefficient (Wildman–Crippen LogP) is 3.17. The summed E-state index contributed by atoms with van der Waals surface area (Å²) in [5.74, 6) is 1.80. The van der Waals surface area contributed by atoms with Crippen molar-refractivity contribution < 1.29 is 4.74 Å². The number of rotatable bonds is 2. The molecule has 1 atom stereocenters. The Kier molecular flexibility index (Phi) is 2.86.